The number of esters is 1. The number of carboxylic acids is 1. The van der Waals surface area contributed by atoms with Crippen LogP contribution in [-0.2, 0) is 31.7 Å². The number of amides is 2. The number of carboxylic acid groups (broad SMARTS) is 1. The van der Waals surface area contributed by atoms with Gasteiger partial charge in [-0.3, -0.25) is 19.2 Å². The molecule has 242 valence electrons. The van der Waals surface area contributed by atoms with Crippen LogP contribution in [0.1, 0.15) is 92.8 Å². The summed E-state index contributed by atoms with van der Waals surface area (Å²) in [6, 6.07) is -1.10. The molecule has 1 fully saturated rings. The Bertz CT molecular complexity index is 1320. The number of nitrogens with zero attached hydrogens (tertiary/aromatic N) is 4. The Kier molecular flexibility index (Phi) is 11.8. The van der Waals surface area contributed by atoms with Gasteiger partial charge in [-0.2, -0.15) is 13.2 Å². The number of alkyl halides is 3. The van der Waals surface area contributed by atoms with Crippen molar-refractivity contribution in [3.05, 3.63) is 39.9 Å². The van der Waals surface area contributed by atoms with Crippen LogP contribution >= 0.6 is 11.3 Å². The van der Waals surface area contributed by atoms with Gasteiger partial charge in [-0.25, -0.2) is 15.0 Å². The Hall–Kier alpha value is -3.62. The summed E-state index contributed by atoms with van der Waals surface area (Å²) in [7, 11) is 1.74. The lowest BCUT2D eigenvalue weighted by Gasteiger charge is -2.33. The van der Waals surface area contributed by atoms with Gasteiger partial charge < -0.3 is 20.1 Å². The van der Waals surface area contributed by atoms with Crippen molar-refractivity contribution in [2.24, 2.45) is 17.8 Å². The second kappa shape index (κ2) is 14.9. The van der Waals surface area contributed by atoms with Gasteiger partial charge in [0.05, 0.1) is 11.5 Å². The average molecular weight is 642 g/mol. The Morgan fingerprint density at radius 3 is 2.30 bits per heavy atom. The fourth-order valence-electron chi connectivity index (χ4n) is 4.74. The summed E-state index contributed by atoms with van der Waals surface area (Å²) >= 11 is 1.10. The SMILES string of the molecule is CC(=O)OC(CC(C(C)C)N(C)C(=O)CC1CC1)c1nc(C(=O)NC(Cc2ncc(C(F)(F)F)cn2)CC(C)C(=O)O)cs1. The van der Waals surface area contributed by atoms with Crippen molar-refractivity contribution < 1.29 is 42.2 Å². The lowest BCUT2D eigenvalue weighted by atomic mass is 9.96. The first-order chi connectivity index (χ1) is 20.5. The van der Waals surface area contributed by atoms with Gasteiger partial charge in [0, 0.05) is 63.1 Å². The summed E-state index contributed by atoms with van der Waals surface area (Å²) in [6.45, 7) is 6.64. The molecule has 1 aliphatic rings. The Labute approximate surface area is 257 Å². The van der Waals surface area contributed by atoms with Gasteiger partial charge in [-0.1, -0.05) is 20.8 Å². The summed E-state index contributed by atoms with van der Waals surface area (Å²) < 4.78 is 44.3. The Morgan fingerprint density at radius 1 is 1.14 bits per heavy atom. The van der Waals surface area contributed by atoms with Crippen LogP contribution in [0.5, 0.6) is 0 Å². The quantitative estimate of drug-likeness (QED) is 0.264. The highest BCUT2D eigenvalue weighted by atomic mass is 32.1. The van der Waals surface area contributed by atoms with Gasteiger partial charge in [0.1, 0.15) is 16.5 Å². The molecule has 0 radical (unpaired) electrons. The number of ether oxygens (including phenoxy) is 1. The fourth-order valence-corrected chi connectivity index (χ4v) is 5.58. The first-order valence-electron chi connectivity index (χ1n) is 14.3. The average Bonchev–Trinajstić information content (AvgIpc) is 3.60. The van der Waals surface area contributed by atoms with Crippen LogP contribution < -0.4 is 5.32 Å². The number of carbonyl (C=O) groups is 4. The number of halogens is 3. The smallest absolute Gasteiger partial charge is 0.419 e. The van der Waals surface area contributed by atoms with Crippen molar-refractivity contribution in [2.45, 2.75) is 90.6 Å². The maximum absolute atomic E-state index is 13.2. The highest BCUT2D eigenvalue weighted by molar-refractivity contribution is 7.09. The van der Waals surface area contributed by atoms with Crippen molar-refractivity contribution >= 4 is 35.1 Å². The van der Waals surface area contributed by atoms with Crippen LogP contribution in [0.15, 0.2) is 17.8 Å². The lowest BCUT2D eigenvalue weighted by Crippen LogP contribution is -2.42. The van der Waals surface area contributed by atoms with E-state index < -0.39 is 47.6 Å². The largest absolute Gasteiger partial charge is 0.481 e. The van der Waals surface area contributed by atoms with E-state index in [9.17, 15) is 37.5 Å². The van der Waals surface area contributed by atoms with Crippen molar-refractivity contribution in [1.82, 2.24) is 25.2 Å². The maximum atomic E-state index is 13.2. The lowest BCUT2D eigenvalue weighted by molar-refractivity contribution is -0.148. The van der Waals surface area contributed by atoms with Gasteiger partial charge >= 0.3 is 18.1 Å². The molecule has 4 atom stereocenters. The fraction of sp³-hybridized carbons (Fsp3) is 0.621. The number of nitrogens with one attached hydrogen (secondary N) is 1. The summed E-state index contributed by atoms with van der Waals surface area (Å²) in [4.78, 5) is 63.1. The van der Waals surface area contributed by atoms with Crippen molar-refractivity contribution in [2.75, 3.05) is 7.05 Å². The summed E-state index contributed by atoms with van der Waals surface area (Å²) in [6.07, 6.45) is -1.53. The third-order valence-electron chi connectivity index (χ3n) is 7.47. The number of aromatic nitrogens is 3. The van der Waals surface area contributed by atoms with E-state index in [1.54, 1.807) is 11.9 Å². The molecule has 0 aromatic carbocycles. The van der Waals surface area contributed by atoms with Gasteiger partial charge in [-0.15, -0.1) is 11.3 Å². The van der Waals surface area contributed by atoms with E-state index in [0.717, 1.165) is 24.2 Å². The van der Waals surface area contributed by atoms with Gasteiger partial charge in [-0.05, 0) is 31.1 Å². The highest BCUT2D eigenvalue weighted by Gasteiger charge is 2.34. The zero-order valence-corrected chi connectivity index (χ0v) is 26.1. The first kappa shape index (κ1) is 34.9. The number of carbonyl (C=O) groups excluding carboxylic acids is 3. The molecule has 3 rings (SSSR count). The molecule has 1 saturated carbocycles. The predicted octanol–water partition coefficient (Wildman–Crippen LogP) is 4.68. The molecule has 11 nitrogen and oxygen atoms in total. The molecule has 1 aliphatic carbocycles. The van der Waals surface area contributed by atoms with E-state index in [4.69, 9.17) is 4.74 Å². The number of thiazole rings is 1. The van der Waals surface area contributed by atoms with E-state index in [1.165, 1.54) is 19.2 Å². The van der Waals surface area contributed by atoms with Gasteiger partial charge in [0.25, 0.3) is 5.91 Å². The van der Waals surface area contributed by atoms with Crippen molar-refractivity contribution in [3.8, 4) is 0 Å². The van der Waals surface area contributed by atoms with Crippen LogP contribution in [-0.4, -0.2) is 67.8 Å². The second-order valence-electron chi connectivity index (χ2n) is 11.6. The Balaban J connectivity index is 1.77. The minimum Gasteiger partial charge on any atom is -0.481 e. The molecule has 0 spiro atoms. The molecule has 2 heterocycles. The van der Waals surface area contributed by atoms with Crippen LogP contribution in [0, 0.1) is 17.8 Å². The van der Waals surface area contributed by atoms with Crippen molar-refractivity contribution in [1.29, 1.82) is 0 Å². The van der Waals surface area contributed by atoms with E-state index in [0.29, 0.717) is 29.7 Å². The molecule has 4 unspecified atom stereocenters. The summed E-state index contributed by atoms with van der Waals surface area (Å²) in [5.74, 6) is -2.74. The first-order valence-corrected chi connectivity index (χ1v) is 15.2. The second-order valence-corrected chi connectivity index (χ2v) is 12.5. The molecule has 0 bridgehead atoms. The summed E-state index contributed by atoms with van der Waals surface area (Å²) in [5, 5.41) is 13.9. The number of hydrogen-bond acceptors (Lipinski definition) is 9. The molecule has 15 heteroatoms. The number of aliphatic carboxylic acids is 1. The topological polar surface area (TPSA) is 152 Å². The highest BCUT2D eigenvalue weighted by Crippen LogP contribution is 2.35. The zero-order valence-electron chi connectivity index (χ0n) is 25.3. The third kappa shape index (κ3) is 10.2. The van der Waals surface area contributed by atoms with Gasteiger partial charge in [0.2, 0.25) is 5.91 Å². The number of rotatable bonds is 15. The molecular weight excluding hydrogens is 603 g/mol. The molecule has 0 aliphatic heterocycles. The normalized spacial score (nSPS) is 16.1. The monoisotopic (exact) mass is 641 g/mol. The van der Waals surface area contributed by atoms with Gasteiger partial charge in [0.15, 0.2) is 6.10 Å². The van der Waals surface area contributed by atoms with Crippen LogP contribution in [0.2, 0.25) is 0 Å². The zero-order chi connectivity index (χ0) is 32.8. The van der Waals surface area contributed by atoms with E-state index in [-0.39, 0.29) is 48.6 Å². The molecule has 0 saturated heterocycles. The van der Waals surface area contributed by atoms with E-state index in [2.05, 4.69) is 20.3 Å². The van der Waals surface area contributed by atoms with Crippen LogP contribution in [0.3, 0.4) is 0 Å². The molecule has 2 aromatic rings. The predicted molar refractivity (Wildman–Crippen MR) is 153 cm³/mol. The van der Waals surface area contributed by atoms with Crippen LogP contribution in [0.25, 0.3) is 0 Å². The Morgan fingerprint density at radius 2 is 1.77 bits per heavy atom. The molecule has 2 N–H and O–H groups in total. The number of hydrogen-bond donors (Lipinski definition) is 2. The molecule has 2 aromatic heterocycles. The maximum Gasteiger partial charge on any atom is 0.419 e. The van der Waals surface area contributed by atoms with E-state index in [1.807, 2.05) is 13.8 Å². The third-order valence-corrected chi connectivity index (χ3v) is 8.41. The molecule has 44 heavy (non-hydrogen) atoms. The minimum atomic E-state index is -4.62. The summed E-state index contributed by atoms with van der Waals surface area (Å²) in [5.41, 5.74) is -1.04. The molecular formula is C29H38F3N5O6S. The standard InChI is InChI=1S/C29H38F3N5O6S/c1-15(2)22(37(5)25(39)9-18-6-7-18)11-23(43-17(4)38)27-36-21(14-44-27)26(40)35-20(8-16(3)28(41)42)10-24-33-12-19(13-34-24)29(30,31)32/h12-16,18,20,22-23H,6-11H2,1-5H3,(H,35,40)(H,41,42). The molecule has 2 amide bonds. The van der Waals surface area contributed by atoms with Crippen molar-refractivity contribution in [3.63, 3.8) is 0 Å². The van der Waals surface area contributed by atoms with E-state index >= 15 is 0 Å². The minimum absolute atomic E-state index is 0.00476. The van der Waals surface area contributed by atoms with Crippen LogP contribution in [0.4, 0.5) is 13.2 Å².